The lowest BCUT2D eigenvalue weighted by molar-refractivity contribution is -0.172. The van der Waals surface area contributed by atoms with Crippen molar-refractivity contribution in [3.63, 3.8) is 0 Å². The average Bonchev–Trinajstić information content (AvgIpc) is 2.79. The van der Waals surface area contributed by atoms with E-state index in [4.69, 9.17) is 0 Å². The molecule has 1 aliphatic rings. The van der Waals surface area contributed by atoms with E-state index in [1.807, 2.05) is 0 Å². The van der Waals surface area contributed by atoms with Crippen molar-refractivity contribution in [3.05, 3.63) is 12.3 Å². The first-order valence-corrected chi connectivity index (χ1v) is 4.03. The van der Waals surface area contributed by atoms with Crippen LogP contribution in [0.4, 0.5) is 13.2 Å². The van der Waals surface area contributed by atoms with E-state index in [0.717, 1.165) is 25.5 Å². The molecule has 0 saturated heterocycles. The lowest BCUT2D eigenvalue weighted by Gasteiger charge is -2.02. The molecule has 0 heterocycles. The Labute approximate surface area is 73.8 Å². The third kappa shape index (κ3) is 3.96. The molecule has 0 unspecified atom stereocenters. The number of allylic oxidation sites excluding steroid dienone is 1. The van der Waals surface area contributed by atoms with E-state index < -0.39 is 12.1 Å². The molecule has 1 amide bonds. The second kappa shape index (κ2) is 3.81. The minimum absolute atomic E-state index is 0.610. The third-order valence-corrected chi connectivity index (χ3v) is 1.76. The highest BCUT2D eigenvalue weighted by molar-refractivity contribution is 5.82. The standard InChI is InChI=1S/C8H10F3NO/c9-8(10,11)7(13)12-5-1-2-6-3-4-6/h1,5-6H,2-4H2,(H,12,13)/b5-1-. The number of hydrogen-bond donors (Lipinski definition) is 1. The molecule has 0 radical (unpaired) electrons. The van der Waals surface area contributed by atoms with Gasteiger partial charge in [-0.25, -0.2) is 0 Å². The van der Waals surface area contributed by atoms with Gasteiger partial charge in [0.2, 0.25) is 0 Å². The summed E-state index contributed by atoms with van der Waals surface area (Å²) in [6.07, 6.45) is 0.854. The summed E-state index contributed by atoms with van der Waals surface area (Å²) in [7, 11) is 0. The zero-order valence-corrected chi connectivity index (χ0v) is 6.90. The largest absolute Gasteiger partial charge is 0.471 e. The van der Waals surface area contributed by atoms with Crippen LogP contribution in [0.5, 0.6) is 0 Å². The molecule has 0 bridgehead atoms. The molecule has 2 nitrogen and oxygen atoms in total. The SMILES string of the molecule is O=C(N/C=C\CC1CC1)C(F)(F)F. The van der Waals surface area contributed by atoms with Gasteiger partial charge < -0.3 is 5.32 Å². The van der Waals surface area contributed by atoms with Crippen molar-refractivity contribution < 1.29 is 18.0 Å². The number of halogens is 3. The van der Waals surface area contributed by atoms with Crippen LogP contribution in [-0.4, -0.2) is 12.1 Å². The first kappa shape index (κ1) is 10.1. The van der Waals surface area contributed by atoms with Crippen molar-refractivity contribution in [1.29, 1.82) is 0 Å². The molecule has 1 rings (SSSR count). The predicted octanol–water partition coefficient (Wildman–Crippen LogP) is 1.98. The molecule has 0 aromatic rings. The van der Waals surface area contributed by atoms with Crippen LogP contribution in [-0.2, 0) is 4.79 Å². The lowest BCUT2D eigenvalue weighted by atomic mass is 10.3. The first-order chi connectivity index (χ1) is 6.00. The highest BCUT2D eigenvalue weighted by Gasteiger charge is 2.37. The van der Waals surface area contributed by atoms with Crippen LogP contribution in [0.1, 0.15) is 19.3 Å². The van der Waals surface area contributed by atoms with Crippen LogP contribution in [0, 0.1) is 5.92 Å². The maximum Gasteiger partial charge on any atom is 0.471 e. The molecule has 0 aromatic carbocycles. The van der Waals surface area contributed by atoms with E-state index in [-0.39, 0.29) is 0 Å². The molecule has 0 aliphatic heterocycles. The summed E-state index contributed by atoms with van der Waals surface area (Å²) in [5.41, 5.74) is 0. The maximum atomic E-state index is 11.6. The van der Waals surface area contributed by atoms with Gasteiger partial charge in [0.05, 0.1) is 0 Å². The number of carbonyl (C=O) groups excluding carboxylic acids is 1. The van der Waals surface area contributed by atoms with E-state index in [0.29, 0.717) is 5.92 Å². The van der Waals surface area contributed by atoms with Crippen molar-refractivity contribution in [2.75, 3.05) is 0 Å². The number of nitrogens with one attached hydrogen (secondary N) is 1. The van der Waals surface area contributed by atoms with Crippen molar-refractivity contribution in [3.8, 4) is 0 Å². The fourth-order valence-electron chi connectivity index (χ4n) is 0.830. The maximum absolute atomic E-state index is 11.6. The van der Waals surface area contributed by atoms with Gasteiger partial charge in [-0.1, -0.05) is 6.08 Å². The smallest absolute Gasteiger partial charge is 0.325 e. The van der Waals surface area contributed by atoms with Gasteiger partial charge in [-0.2, -0.15) is 13.2 Å². The van der Waals surface area contributed by atoms with Crippen LogP contribution in [0.3, 0.4) is 0 Å². The summed E-state index contributed by atoms with van der Waals surface area (Å²) in [4.78, 5) is 10.2. The molecule has 74 valence electrons. The summed E-state index contributed by atoms with van der Waals surface area (Å²) in [6, 6.07) is 0. The van der Waals surface area contributed by atoms with E-state index >= 15 is 0 Å². The van der Waals surface area contributed by atoms with E-state index in [1.54, 1.807) is 11.4 Å². The van der Waals surface area contributed by atoms with Gasteiger partial charge in [-0.05, 0) is 25.2 Å². The van der Waals surface area contributed by atoms with Crippen LogP contribution >= 0.6 is 0 Å². The van der Waals surface area contributed by atoms with E-state index in [1.165, 1.54) is 0 Å². The Balaban J connectivity index is 2.16. The summed E-state index contributed by atoms with van der Waals surface area (Å²) in [5.74, 6) is -1.31. The molecule has 0 atom stereocenters. The Hall–Kier alpha value is -1.00. The molecule has 5 heteroatoms. The highest BCUT2D eigenvalue weighted by Crippen LogP contribution is 2.32. The van der Waals surface area contributed by atoms with Gasteiger partial charge in [0.25, 0.3) is 0 Å². The number of hydrogen-bond acceptors (Lipinski definition) is 1. The van der Waals surface area contributed by atoms with Crippen molar-refractivity contribution in [2.24, 2.45) is 5.92 Å². The molecule has 13 heavy (non-hydrogen) atoms. The summed E-state index contributed by atoms with van der Waals surface area (Å²) in [6.45, 7) is 0. The normalized spacial score (nSPS) is 17.8. The summed E-state index contributed by atoms with van der Waals surface area (Å²) in [5, 5.41) is 1.66. The lowest BCUT2D eigenvalue weighted by Crippen LogP contribution is -2.33. The minimum atomic E-state index is -4.79. The Morgan fingerprint density at radius 2 is 2.08 bits per heavy atom. The van der Waals surface area contributed by atoms with Gasteiger partial charge in [-0.3, -0.25) is 4.79 Å². The topological polar surface area (TPSA) is 29.1 Å². The number of alkyl halides is 3. The Morgan fingerprint density at radius 1 is 1.46 bits per heavy atom. The second-order valence-corrected chi connectivity index (χ2v) is 3.05. The molecular formula is C8H10F3NO. The Kier molecular flexibility index (Phi) is 2.95. The quantitative estimate of drug-likeness (QED) is 0.729. The summed E-state index contributed by atoms with van der Waals surface area (Å²) >= 11 is 0. The van der Waals surface area contributed by atoms with Crippen LogP contribution in [0.2, 0.25) is 0 Å². The molecule has 1 saturated carbocycles. The van der Waals surface area contributed by atoms with Gasteiger partial charge in [0.1, 0.15) is 0 Å². The molecule has 0 aromatic heterocycles. The fraction of sp³-hybridized carbons (Fsp3) is 0.625. The van der Waals surface area contributed by atoms with Gasteiger partial charge >= 0.3 is 12.1 Å². The zero-order chi connectivity index (χ0) is 9.90. The van der Waals surface area contributed by atoms with Crippen molar-refractivity contribution >= 4 is 5.91 Å². The van der Waals surface area contributed by atoms with E-state index in [2.05, 4.69) is 0 Å². The average molecular weight is 193 g/mol. The molecule has 1 aliphatic carbocycles. The number of rotatable bonds is 3. The molecular weight excluding hydrogens is 183 g/mol. The zero-order valence-electron chi connectivity index (χ0n) is 6.90. The third-order valence-electron chi connectivity index (χ3n) is 1.76. The van der Waals surface area contributed by atoms with Crippen molar-refractivity contribution in [1.82, 2.24) is 5.32 Å². The van der Waals surface area contributed by atoms with E-state index in [9.17, 15) is 18.0 Å². The Morgan fingerprint density at radius 3 is 2.54 bits per heavy atom. The highest BCUT2D eigenvalue weighted by atomic mass is 19.4. The molecule has 0 spiro atoms. The van der Waals surface area contributed by atoms with Crippen molar-refractivity contribution in [2.45, 2.75) is 25.4 Å². The predicted molar refractivity (Wildman–Crippen MR) is 40.7 cm³/mol. The van der Waals surface area contributed by atoms with Gasteiger partial charge in [0.15, 0.2) is 0 Å². The first-order valence-electron chi connectivity index (χ1n) is 4.03. The van der Waals surface area contributed by atoms with Crippen LogP contribution in [0.25, 0.3) is 0 Å². The fourth-order valence-corrected chi connectivity index (χ4v) is 0.830. The molecule has 1 N–H and O–H groups in total. The summed E-state index contributed by atoms with van der Waals surface area (Å²) < 4.78 is 34.8. The van der Waals surface area contributed by atoms with Gasteiger partial charge in [0, 0.05) is 6.20 Å². The van der Waals surface area contributed by atoms with Crippen LogP contribution in [0.15, 0.2) is 12.3 Å². The molecule has 1 fully saturated rings. The monoisotopic (exact) mass is 193 g/mol. The van der Waals surface area contributed by atoms with Crippen LogP contribution < -0.4 is 5.32 Å². The number of amides is 1. The van der Waals surface area contributed by atoms with Gasteiger partial charge in [-0.15, -0.1) is 0 Å². The Bertz CT molecular complexity index is 218. The minimum Gasteiger partial charge on any atom is -0.325 e. The second-order valence-electron chi connectivity index (χ2n) is 3.05. The number of carbonyl (C=O) groups is 1.